The van der Waals surface area contributed by atoms with E-state index in [4.69, 9.17) is 0 Å². The summed E-state index contributed by atoms with van der Waals surface area (Å²) in [5, 5.41) is 9.18. The summed E-state index contributed by atoms with van der Waals surface area (Å²) in [6.07, 6.45) is 2.52. The maximum absolute atomic E-state index is 9.18. The molecule has 1 heterocycles. The van der Waals surface area contributed by atoms with Crippen LogP contribution in [-0.2, 0) is 6.61 Å². The lowest BCUT2D eigenvalue weighted by Crippen LogP contribution is -2.45. The summed E-state index contributed by atoms with van der Waals surface area (Å²) < 4.78 is 0.985. The number of rotatable bonds is 3. The summed E-state index contributed by atoms with van der Waals surface area (Å²) in [5.41, 5.74) is 2.15. The van der Waals surface area contributed by atoms with Crippen LogP contribution in [0, 0.1) is 0 Å². The second-order valence-electron chi connectivity index (χ2n) is 5.10. The Hall–Kier alpha value is -0.580. The van der Waals surface area contributed by atoms with Gasteiger partial charge in [-0.3, -0.25) is 0 Å². The highest BCUT2D eigenvalue weighted by Gasteiger charge is 2.21. The zero-order chi connectivity index (χ0) is 13.1. The van der Waals surface area contributed by atoms with Gasteiger partial charge in [-0.05, 0) is 44.1 Å². The SMILES string of the molecule is CN1CCCC(N(C)c2ccc(CO)c(Br)c2)C1. The van der Waals surface area contributed by atoms with Crippen LogP contribution in [0.4, 0.5) is 5.69 Å². The van der Waals surface area contributed by atoms with Crippen molar-refractivity contribution < 1.29 is 5.11 Å². The third-order valence-electron chi connectivity index (χ3n) is 3.76. The molecule has 0 spiro atoms. The average molecular weight is 313 g/mol. The number of likely N-dealkylation sites (N-methyl/N-ethyl adjacent to an activating group) is 2. The van der Waals surface area contributed by atoms with Gasteiger partial charge < -0.3 is 14.9 Å². The van der Waals surface area contributed by atoms with Gasteiger partial charge in [0, 0.05) is 29.8 Å². The molecule has 0 radical (unpaired) electrons. The van der Waals surface area contributed by atoms with Gasteiger partial charge in [-0.15, -0.1) is 0 Å². The summed E-state index contributed by atoms with van der Waals surface area (Å²) >= 11 is 3.51. The van der Waals surface area contributed by atoms with E-state index in [-0.39, 0.29) is 6.61 Å². The molecule has 4 heteroatoms. The fraction of sp³-hybridized carbons (Fsp3) is 0.571. The number of halogens is 1. The van der Waals surface area contributed by atoms with Gasteiger partial charge in [0.25, 0.3) is 0 Å². The minimum atomic E-state index is 0.0801. The van der Waals surface area contributed by atoms with Crippen LogP contribution in [0.25, 0.3) is 0 Å². The highest BCUT2D eigenvalue weighted by atomic mass is 79.9. The Morgan fingerprint density at radius 2 is 2.28 bits per heavy atom. The lowest BCUT2D eigenvalue weighted by molar-refractivity contribution is 0.248. The summed E-state index contributed by atoms with van der Waals surface area (Å²) in [5.74, 6) is 0. The van der Waals surface area contributed by atoms with E-state index >= 15 is 0 Å². The molecule has 0 saturated carbocycles. The number of hydrogen-bond acceptors (Lipinski definition) is 3. The van der Waals surface area contributed by atoms with Crippen molar-refractivity contribution in [3.63, 3.8) is 0 Å². The van der Waals surface area contributed by atoms with Crippen LogP contribution >= 0.6 is 15.9 Å². The van der Waals surface area contributed by atoms with Crippen molar-refractivity contribution in [2.45, 2.75) is 25.5 Å². The van der Waals surface area contributed by atoms with Gasteiger partial charge in [-0.25, -0.2) is 0 Å². The van der Waals surface area contributed by atoms with Gasteiger partial charge in [-0.2, -0.15) is 0 Å². The maximum atomic E-state index is 9.18. The van der Waals surface area contributed by atoms with Gasteiger partial charge in [0.05, 0.1) is 6.61 Å². The molecule has 1 saturated heterocycles. The molecule has 1 aliphatic rings. The van der Waals surface area contributed by atoms with E-state index in [1.54, 1.807) is 0 Å². The standard InChI is InChI=1S/C14H21BrN2O/c1-16-7-3-4-13(9-16)17(2)12-6-5-11(10-18)14(15)8-12/h5-6,8,13,18H,3-4,7,9-10H2,1-2H3. The number of anilines is 1. The third-order valence-corrected chi connectivity index (χ3v) is 4.50. The molecule has 1 N–H and O–H groups in total. The zero-order valence-corrected chi connectivity index (χ0v) is 12.7. The molecule has 3 nitrogen and oxygen atoms in total. The van der Waals surface area contributed by atoms with Crippen LogP contribution in [0.5, 0.6) is 0 Å². The van der Waals surface area contributed by atoms with Crippen molar-refractivity contribution in [2.75, 3.05) is 32.1 Å². The topological polar surface area (TPSA) is 26.7 Å². The molecular formula is C14H21BrN2O. The lowest BCUT2D eigenvalue weighted by atomic mass is 10.0. The van der Waals surface area contributed by atoms with E-state index in [0.29, 0.717) is 6.04 Å². The molecule has 0 aliphatic carbocycles. The Morgan fingerprint density at radius 1 is 1.50 bits per heavy atom. The Balaban J connectivity index is 2.12. The van der Waals surface area contributed by atoms with Crippen molar-refractivity contribution in [1.82, 2.24) is 4.90 Å². The lowest BCUT2D eigenvalue weighted by Gasteiger charge is -2.37. The van der Waals surface area contributed by atoms with E-state index in [9.17, 15) is 5.11 Å². The monoisotopic (exact) mass is 312 g/mol. The third kappa shape index (κ3) is 3.05. The van der Waals surface area contributed by atoms with Crippen LogP contribution in [0.3, 0.4) is 0 Å². The van der Waals surface area contributed by atoms with E-state index in [2.05, 4.69) is 52.0 Å². The first-order valence-corrected chi connectivity index (χ1v) is 7.21. The first kappa shape index (κ1) is 13.8. The molecule has 1 aromatic carbocycles. The number of likely N-dealkylation sites (tertiary alicyclic amines) is 1. The van der Waals surface area contributed by atoms with Crippen LogP contribution in [0.1, 0.15) is 18.4 Å². The molecule has 0 aromatic heterocycles. The van der Waals surface area contributed by atoms with Crippen LogP contribution in [0.2, 0.25) is 0 Å². The molecule has 0 bridgehead atoms. The Kier molecular flexibility index (Phi) is 4.65. The molecule has 0 amide bonds. The summed E-state index contributed by atoms with van der Waals surface area (Å²) in [6.45, 7) is 2.41. The minimum absolute atomic E-state index is 0.0801. The Morgan fingerprint density at radius 3 is 2.89 bits per heavy atom. The highest BCUT2D eigenvalue weighted by Crippen LogP contribution is 2.26. The van der Waals surface area contributed by atoms with Crippen LogP contribution in [-0.4, -0.2) is 43.2 Å². The fourth-order valence-electron chi connectivity index (χ4n) is 2.55. The molecule has 1 aromatic rings. The molecule has 2 rings (SSSR count). The normalized spacial score (nSPS) is 21.0. The Bertz CT molecular complexity index is 411. The van der Waals surface area contributed by atoms with Crippen LogP contribution in [0.15, 0.2) is 22.7 Å². The van der Waals surface area contributed by atoms with E-state index in [1.165, 1.54) is 25.1 Å². The number of aliphatic hydroxyl groups excluding tert-OH is 1. The van der Waals surface area contributed by atoms with Crippen molar-refractivity contribution in [2.24, 2.45) is 0 Å². The molecule has 1 fully saturated rings. The molecule has 18 heavy (non-hydrogen) atoms. The average Bonchev–Trinajstić information content (AvgIpc) is 2.37. The van der Waals surface area contributed by atoms with Gasteiger partial charge >= 0.3 is 0 Å². The second-order valence-corrected chi connectivity index (χ2v) is 5.96. The van der Waals surface area contributed by atoms with Crippen molar-refractivity contribution in [3.05, 3.63) is 28.2 Å². The van der Waals surface area contributed by atoms with E-state index in [0.717, 1.165) is 16.6 Å². The number of nitrogens with zero attached hydrogens (tertiary/aromatic N) is 2. The summed E-state index contributed by atoms with van der Waals surface area (Å²) in [6, 6.07) is 6.75. The van der Waals surface area contributed by atoms with Crippen molar-refractivity contribution in [3.8, 4) is 0 Å². The van der Waals surface area contributed by atoms with Crippen molar-refractivity contribution >= 4 is 21.6 Å². The highest BCUT2D eigenvalue weighted by molar-refractivity contribution is 9.10. The zero-order valence-electron chi connectivity index (χ0n) is 11.1. The van der Waals surface area contributed by atoms with Crippen molar-refractivity contribution in [1.29, 1.82) is 0 Å². The number of benzene rings is 1. The number of piperidine rings is 1. The number of aliphatic hydroxyl groups is 1. The first-order valence-electron chi connectivity index (χ1n) is 6.42. The smallest absolute Gasteiger partial charge is 0.0692 e. The second kappa shape index (κ2) is 6.04. The van der Waals surface area contributed by atoms with E-state index in [1.807, 2.05) is 6.07 Å². The molecule has 1 unspecified atom stereocenters. The fourth-order valence-corrected chi connectivity index (χ4v) is 3.04. The largest absolute Gasteiger partial charge is 0.392 e. The predicted molar refractivity (Wildman–Crippen MR) is 79.0 cm³/mol. The Labute approximate surface area is 118 Å². The van der Waals surface area contributed by atoms with E-state index < -0.39 is 0 Å². The summed E-state index contributed by atoms with van der Waals surface area (Å²) in [4.78, 5) is 4.74. The van der Waals surface area contributed by atoms with Gasteiger partial charge in [0.1, 0.15) is 0 Å². The quantitative estimate of drug-likeness (QED) is 0.929. The number of hydrogen-bond donors (Lipinski definition) is 1. The predicted octanol–water partition coefficient (Wildman–Crippen LogP) is 2.47. The maximum Gasteiger partial charge on any atom is 0.0692 e. The molecule has 1 aliphatic heterocycles. The van der Waals surface area contributed by atoms with Gasteiger partial charge in [-0.1, -0.05) is 22.0 Å². The molecule has 100 valence electrons. The molecular weight excluding hydrogens is 292 g/mol. The van der Waals surface area contributed by atoms with Crippen LogP contribution < -0.4 is 4.90 Å². The van der Waals surface area contributed by atoms with Gasteiger partial charge in [0.15, 0.2) is 0 Å². The van der Waals surface area contributed by atoms with Gasteiger partial charge in [0.2, 0.25) is 0 Å². The summed E-state index contributed by atoms with van der Waals surface area (Å²) in [7, 11) is 4.34. The minimum Gasteiger partial charge on any atom is -0.392 e. The molecule has 1 atom stereocenters. The first-order chi connectivity index (χ1) is 8.61.